The lowest BCUT2D eigenvalue weighted by Gasteiger charge is -2.27. The van der Waals surface area contributed by atoms with Crippen molar-refractivity contribution in [3.8, 4) is 0 Å². The van der Waals surface area contributed by atoms with Crippen molar-refractivity contribution in [2.24, 2.45) is 11.7 Å². The highest BCUT2D eigenvalue weighted by atomic mass is 32.1. The number of nitrogens with one attached hydrogen (secondary N) is 3. The number of carbonyl (C=O) groups excluding carboxylic acids is 3. The molecule has 4 atom stereocenters. The minimum Gasteiger partial charge on any atom is -0.481 e. The second-order valence-electron chi connectivity index (χ2n) is 5.88. The van der Waals surface area contributed by atoms with E-state index in [4.69, 9.17) is 15.9 Å². The molecule has 0 fully saturated rings. The maximum atomic E-state index is 12.5. The average Bonchev–Trinajstić information content (AvgIpc) is 2.61. The van der Waals surface area contributed by atoms with E-state index in [1.165, 1.54) is 0 Å². The number of aliphatic carboxylic acids is 2. The summed E-state index contributed by atoms with van der Waals surface area (Å²) < 4.78 is 0. The van der Waals surface area contributed by atoms with Gasteiger partial charge in [0.15, 0.2) is 0 Å². The van der Waals surface area contributed by atoms with E-state index < -0.39 is 54.2 Å². The van der Waals surface area contributed by atoms with Gasteiger partial charge in [-0.05, 0) is 5.92 Å². The summed E-state index contributed by atoms with van der Waals surface area (Å²) in [4.78, 5) is 58.1. The second-order valence-corrected chi connectivity index (χ2v) is 6.24. The van der Waals surface area contributed by atoms with E-state index >= 15 is 0 Å². The minimum atomic E-state index is -1.64. The van der Waals surface area contributed by atoms with Crippen LogP contribution in [0, 0.1) is 5.92 Å². The molecule has 0 aliphatic rings. The number of carbonyl (C=O) groups is 5. The minimum absolute atomic E-state index is 0.0524. The van der Waals surface area contributed by atoms with Crippen LogP contribution in [0.15, 0.2) is 0 Å². The molecule has 0 aliphatic heterocycles. The van der Waals surface area contributed by atoms with Crippen LogP contribution in [-0.4, -0.2) is 70.3 Å². The number of carboxylic acids is 2. The van der Waals surface area contributed by atoms with Crippen LogP contribution in [0.1, 0.15) is 26.7 Å². The molecule has 0 aromatic carbocycles. The molecule has 154 valence electrons. The summed E-state index contributed by atoms with van der Waals surface area (Å²) in [5.74, 6) is -5.47. The van der Waals surface area contributed by atoms with Crippen molar-refractivity contribution in [2.45, 2.75) is 44.8 Å². The Morgan fingerprint density at radius 1 is 1.00 bits per heavy atom. The normalized spacial score (nSPS) is 15.0. The zero-order chi connectivity index (χ0) is 21.1. The lowest BCUT2D eigenvalue weighted by molar-refractivity contribution is -0.147. The largest absolute Gasteiger partial charge is 0.481 e. The summed E-state index contributed by atoms with van der Waals surface area (Å²) >= 11 is 3.98. The van der Waals surface area contributed by atoms with Gasteiger partial charge in [0, 0.05) is 5.75 Å². The highest BCUT2D eigenvalue weighted by molar-refractivity contribution is 7.80. The zero-order valence-electron chi connectivity index (χ0n) is 15.1. The van der Waals surface area contributed by atoms with Gasteiger partial charge < -0.3 is 31.9 Å². The van der Waals surface area contributed by atoms with Gasteiger partial charge in [-0.1, -0.05) is 20.3 Å². The van der Waals surface area contributed by atoms with E-state index in [0.717, 1.165) is 0 Å². The third kappa shape index (κ3) is 8.73. The number of hydrogen-bond acceptors (Lipinski definition) is 7. The maximum absolute atomic E-state index is 12.5. The molecule has 7 N–H and O–H groups in total. The number of amides is 3. The average molecular weight is 406 g/mol. The molecule has 0 aromatic rings. The van der Waals surface area contributed by atoms with Gasteiger partial charge in [-0.25, -0.2) is 4.79 Å². The fourth-order valence-electron chi connectivity index (χ4n) is 2.04. The summed E-state index contributed by atoms with van der Waals surface area (Å²) in [6.07, 6.45) is -0.343. The van der Waals surface area contributed by atoms with Crippen molar-refractivity contribution in [3.05, 3.63) is 0 Å². The topological polar surface area (TPSA) is 188 Å². The molecule has 0 heterocycles. The van der Waals surface area contributed by atoms with Gasteiger partial charge in [0.05, 0.1) is 13.0 Å². The molecule has 0 aliphatic carbocycles. The number of carboxylic acid groups (broad SMARTS) is 2. The fraction of sp³-hybridized carbons (Fsp3) is 0.667. The third-order valence-electron chi connectivity index (χ3n) is 3.81. The molecule has 0 aromatic heterocycles. The lowest BCUT2D eigenvalue weighted by Crippen LogP contribution is -2.58. The van der Waals surface area contributed by atoms with Crippen LogP contribution in [0.25, 0.3) is 0 Å². The highest BCUT2D eigenvalue weighted by Crippen LogP contribution is 2.09. The van der Waals surface area contributed by atoms with E-state index in [1.807, 2.05) is 0 Å². The molecular weight excluding hydrogens is 380 g/mol. The molecular formula is C15H26N4O7S. The van der Waals surface area contributed by atoms with Gasteiger partial charge in [-0.2, -0.15) is 12.6 Å². The molecule has 0 rings (SSSR count). The zero-order valence-corrected chi connectivity index (χ0v) is 16.0. The number of thiol groups is 1. The van der Waals surface area contributed by atoms with Gasteiger partial charge in [0.1, 0.15) is 18.1 Å². The Bertz CT molecular complexity index is 572. The quantitative estimate of drug-likeness (QED) is 0.180. The summed E-state index contributed by atoms with van der Waals surface area (Å²) in [7, 11) is 0. The smallest absolute Gasteiger partial charge is 0.326 e. The molecule has 4 unspecified atom stereocenters. The van der Waals surface area contributed by atoms with Crippen molar-refractivity contribution >= 4 is 42.3 Å². The lowest BCUT2D eigenvalue weighted by atomic mass is 9.97. The van der Waals surface area contributed by atoms with Crippen molar-refractivity contribution in [1.29, 1.82) is 0 Å². The molecule has 0 saturated carbocycles. The summed E-state index contributed by atoms with van der Waals surface area (Å²) in [6.45, 7) is 3.09. The van der Waals surface area contributed by atoms with Gasteiger partial charge in [0.25, 0.3) is 0 Å². The van der Waals surface area contributed by atoms with E-state index in [-0.39, 0.29) is 18.2 Å². The Labute approximate surface area is 161 Å². The molecule has 0 saturated heterocycles. The Morgan fingerprint density at radius 3 is 2.00 bits per heavy atom. The van der Waals surface area contributed by atoms with Gasteiger partial charge >= 0.3 is 11.9 Å². The first-order valence-electron chi connectivity index (χ1n) is 8.22. The first-order valence-corrected chi connectivity index (χ1v) is 8.86. The number of nitrogens with two attached hydrogens (primary N) is 1. The van der Waals surface area contributed by atoms with Crippen molar-refractivity contribution in [2.75, 3.05) is 12.3 Å². The predicted octanol–water partition coefficient (Wildman–Crippen LogP) is -2.07. The van der Waals surface area contributed by atoms with E-state index in [9.17, 15) is 24.0 Å². The van der Waals surface area contributed by atoms with E-state index in [1.54, 1.807) is 13.8 Å². The fourth-order valence-corrected chi connectivity index (χ4v) is 2.30. The Morgan fingerprint density at radius 2 is 1.59 bits per heavy atom. The monoisotopic (exact) mass is 406 g/mol. The van der Waals surface area contributed by atoms with Crippen molar-refractivity contribution in [3.63, 3.8) is 0 Å². The van der Waals surface area contributed by atoms with Crippen molar-refractivity contribution < 1.29 is 34.2 Å². The van der Waals surface area contributed by atoms with Crippen LogP contribution >= 0.6 is 12.6 Å². The molecule has 27 heavy (non-hydrogen) atoms. The first-order chi connectivity index (χ1) is 12.6. The molecule has 0 spiro atoms. The van der Waals surface area contributed by atoms with Crippen LogP contribution in [0.2, 0.25) is 0 Å². The SMILES string of the molecule is CCC(C)C(NC(=O)C(CS)NC(=O)CN)C(=O)NC(CC(=O)O)C(=O)O. The summed E-state index contributed by atoms with van der Waals surface area (Å²) in [5, 5.41) is 24.7. The standard InChI is InChI=1S/C15H26N4O7S/c1-3-7(2)12(14(24)18-8(15(25)26)4-11(21)22)19-13(23)9(6-27)17-10(20)5-16/h7-9,12,27H,3-6,16H2,1-2H3,(H,17,20)(H,18,24)(H,19,23)(H,21,22)(H,25,26). The van der Waals surface area contributed by atoms with Crippen LogP contribution in [-0.2, 0) is 24.0 Å². The van der Waals surface area contributed by atoms with Crippen LogP contribution < -0.4 is 21.7 Å². The molecule has 0 bridgehead atoms. The van der Waals surface area contributed by atoms with E-state index in [2.05, 4.69) is 28.6 Å². The van der Waals surface area contributed by atoms with Gasteiger partial charge in [-0.3, -0.25) is 19.2 Å². The first kappa shape index (κ1) is 24.7. The van der Waals surface area contributed by atoms with Crippen LogP contribution in [0.5, 0.6) is 0 Å². The third-order valence-corrected chi connectivity index (χ3v) is 4.17. The Balaban J connectivity index is 5.27. The van der Waals surface area contributed by atoms with Crippen molar-refractivity contribution in [1.82, 2.24) is 16.0 Å². The molecule has 11 nitrogen and oxygen atoms in total. The summed E-state index contributed by atoms with van der Waals surface area (Å²) in [5.41, 5.74) is 5.18. The molecule has 0 radical (unpaired) electrons. The Hall–Kier alpha value is -2.34. The highest BCUT2D eigenvalue weighted by Gasteiger charge is 2.32. The van der Waals surface area contributed by atoms with Crippen LogP contribution in [0.4, 0.5) is 0 Å². The maximum Gasteiger partial charge on any atom is 0.326 e. The molecule has 12 heteroatoms. The molecule has 3 amide bonds. The second kappa shape index (κ2) is 12.1. The number of rotatable bonds is 12. The van der Waals surface area contributed by atoms with Gasteiger partial charge in [-0.15, -0.1) is 0 Å². The Kier molecular flexibility index (Phi) is 11.1. The van der Waals surface area contributed by atoms with E-state index in [0.29, 0.717) is 6.42 Å². The van der Waals surface area contributed by atoms with Gasteiger partial charge in [0.2, 0.25) is 17.7 Å². The summed E-state index contributed by atoms with van der Waals surface area (Å²) in [6, 6.07) is -3.82. The number of hydrogen-bond donors (Lipinski definition) is 7. The van der Waals surface area contributed by atoms with Crippen LogP contribution in [0.3, 0.4) is 0 Å². The predicted molar refractivity (Wildman–Crippen MR) is 98.0 cm³/mol.